The van der Waals surface area contributed by atoms with Gasteiger partial charge in [-0.1, -0.05) is 23.7 Å². The van der Waals surface area contributed by atoms with Gasteiger partial charge in [0.25, 0.3) is 5.91 Å². The highest BCUT2D eigenvalue weighted by Crippen LogP contribution is 2.32. The molecule has 0 bridgehead atoms. The van der Waals surface area contributed by atoms with Crippen LogP contribution in [0, 0.1) is 0 Å². The Morgan fingerprint density at radius 2 is 1.97 bits per heavy atom. The second-order valence-electron chi connectivity index (χ2n) is 6.73. The topological polar surface area (TPSA) is 119 Å². The largest absolute Gasteiger partial charge is 0.416 e. The van der Waals surface area contributed by atoms with Crippen LogP contribution in [0.2, 0.25) is 5.02 Å². The molecule has 4 aromatic rings. The number of aliphatic hydroxyl groups is 1. The van der Waals surface area contributed by atoms with Gasteiger partial charge in [-0.15, -0.1) is 0 Å². The zero-order chi connectivity index (χ0) is 23.0. The van der Waals surface area contributed by atoms with Gasteiger partial charge in [0.05, 0.1) is 22.5 Å². The summed E-state index contributed by atoms with van der Waals surface area (Å²) in [6.07, 6.45) is -3.62. The Morgan fingerprint density at radius 1 is 1.19 bits per heavy atom. The minimum atomic E-state index is -4.60. The van der Waals surface area contributed by atoms with Crippen molar-refractivity contribution >= 4 is 40.0 Å². The maximum absolute atomic E-state index is 12.9. The van der Waals surface area contributed by atoms with Gasteiger partial charge in [0, 0.05) is 5.69 Å². The number of amides is 1. The molecule has 164 valence electrons. The number of carbonyl (C=O) groups is 1. The molecule has 2 aromatic heterocycles. The molecule has 0 aliphatic rings. The first-order valence-electron chi connectivity index (χ1n) is 9.05. The maximum Gasteiger partial charge on any atom is 0.416 e. The van der Waals surface area contributed by atoms with Crippen molar-refractivity contribution < 1.29 is 23.1 Å². The highest BCUT2D eigenvalue weighted by molar-refractivity contribution is 6.32. The summed E-state index contributed by atoms with van der Waals surface area (Å²) in [6.45, 7) is 0. The van der Waals surface area contributed by atoms with E-state index in [1.54, 1.807) is 6.07 Å². The molecule has 2 heterocycles. The third-order valence-corrected chi connectivity index (χ3v) is 4.91. The van der Waals surface area contributed by atoms with Gasteiger partial charge < -0.3 is 16.2 Å². The summed E-state index contributed by atoms with van der Waals surface area (Å²) >= 11 is 6.34. The fourth-order valence-electron chi connectivity index (χ4n) is 3.07. The fourth-order valence-corrected chi connectivity index (χ4v) is 3.34. The number of halogens is 4. The zero-order valence-corrected chi connectivity index (χ0v) is 16.8. The van der Waals surface area contributed by atoms with Crippen molar-refractivity contribution in [3.63, 3.8) is 0 Å². The highest BCUT2D eigenvalue weighted by Gasteiger charge is 2.31. The van der Waals surface area contributed by atoms with Crippen LogP contribution in [-0.4, -0.2) is 30.8 Å². The number of anilines is 2. The van der Waals surface area contributed by atoms with Crippen molar-refractivity contribution in [2.75, 3.05) is 11.1 Å². The van der Waals surface area contributed by atoms with E-state index in [0.29, 0.717) is 16.7 Å². The predicted molar refractivity (Wildman–Crippen MR) is 111 cm³/mol. The van der Waals surface area contributed by atoms with E-state index in [1.165, 1.54) is 35.4 Å². The Kier molecular flexibility index (Phi) is 5.45. The Morgan fingerprint density at radius 3 is 2.69 bits per heavy atom. The van der Waals surface area contributed by atoms with E-state index < -0.39 is 23.8 Å². The van der Waals surface area contributed by atoms with Crippen LogP contribution in [0.3, 0.4) is 0 Å². The van der Waals surface area contributed by atoms with Gasteiger partial charge in [0.15, 0.2) is 11.9 Å². The molecule has 0 radical (unpaired) electrons. The molecule has 0 fully saturated rings. The SMILES string of the molecule is Nc1ncnc2cnn(-c3ccc(NC(=O)C(O)c4cccc(C(F)(F)F)c4)cc3Cl)c12. The number of hydrogen-bond donors (Lipinski definition) is 3. The first kappa shape index (κ1) is 21.5. The number of aromatic nitrogens is 4. The number of fused-ring (bicyclic) bond motifs is 1. The second kappa shape index (κ2) is 8.09. The monoisotopic (exact) mass is 462 g/mol. The van der Waals surface area contributed by atoms with Crippen molar-refractivity contribution in [2.45, 2.75) is 12.3 Å². The van der Waals surface area contributed by atoms with Gasteiger partial charge in [-0.05, 0) is 35.9 Å². The van der Waals surface area contributed by atoms with E-state index in [9.17, 15) is 23.1 Å². The molecule has 4 rings (SSSR count). The lowest BCUT2D eigenvalue weighted by molar-refractivity contribution is -0.138. The molecule has 0 aliphatic heterocycles. The van der Waals surface area contributed by atoms with E-state index in [4.69, 9.17) is 17.3 Å². The van der Waals surface area contributed by atoms with E-state index in [0.717, 1.165) is 18.2 Å². The third-order valence-electron chi connectivity index (χ3n) is 4.61. The van der Waals surface area contributed by atoms with Crippen LogP contribution < -0.4 is 11.1 Å². The van der Waals surface area contributed by atoms with Gasteiger partial charge >= 0.3 is 6.18 Å². The summed E-state index contributed by atoms with van der Waals surface area (Å²) in [5, 5.41) is 17.0. The highest BCUT2D eigenvalue weighted by atomic mass is 35.5. The quantitative estimate of drug-likeness (QED) is 0.425. The number of rotatable bonds is 4. The summed E-state index contributed by atoms with van der Waals surface area (Å²) in [5.41, 5.74) is 6.34. The maximum atomic E-state index is 12.9. The molecule has 0 aliphatic carbocycles. The average Bonchev–Trinajstić information content (AvgIpc) is 3.18. The lowest BCUT2D eigenvalue weighted by atomic mass is 10.0. The van der Waals surface area contributed by atoms with E-state index >= 15 is 0 Å². The molecule has 1 unspecified atom stereocenters. The van der Waals surface area contributed by atoms with Crippen molar-refractivity contribution in [3.05, 3.63) is 71.1 Å². The molecule has 8 nitrogen and oxygen atoms in total. The predicted octanol–water partition coefficient (Wildman–Crippen LogP) is 3.74. The number of nitrogen functional groups attached to an aromatic ring is 1. The average molecular weight is 463 g/mol. The van der Waals surface area contributed by atoms with Gasteiger partial charge in [-0.3, -0.25) is 4.79 Å². The van der Waals surface area contributed by atoms with Crippen LogP contribution in [0.25, 0.3) is 16.7 Å². The molecule has 0 spiro atoms. The van der Waals surface area contributed by atoms with Crippen LogP contribution in [0.4, 0.5) is 24.7 Å². The lowest BCUT2D eigenvalue weighted by Gasteiger charge is -2.15. The van der Waals surface area contributed by atoms with Crippen molar-refractivity contribution in [1.82, 2.24) is 19.7 Å². The van der Waals surface area contributed by atoms with E-state index in [1.807, 2.05) is 0 Å². The van der Waals surface area contributed by atoms with Gasteiger partial charge in [0.2, 0.25) is 0 Å². The lowest BCUT2D eigenvalue weighted by Crippen LogP contribution is -2.21. The molecule has 0 saturated heterocycles. The number of nitrogens with two attached hydrogens (primary N) is 1. The van der Waals surface area contributed by atoms with Gasteiger partial charge in [-0.25, -0.2) is 14.6 Å². The molecule has 0 saturated carbocycles. The fraction of sp³-hybridized carbons (Fsp3) is 0.100. The first-order chi connectivity index (χ1) is 15.1. The molecule has 32 heavy (non-hydrogen) atoms. The normalized spacial score (nSPS) is 12.7. The van der Waals surface area contributed by atoms with E-state index in [2.05, 4.69) is 20.4 Å². The first-order valence-corrected chi connectivity index (χ1v) is 9.43. The minimum absolute atomic E-state index is 0.185. The van der Waals surface area contributed by atoms with Crippen molar-refractivity contribution in [1.29, 1.82) is 0 Å². The van der Waals surface area contributed by atoms with Gasteiger partial charge in [0.1, 0.15) is 17.4 Å². The third kappa shape index (κ3) is 4.07. The molecule has 4 N–H and O–H groups in total. The van der Waals surface area contributed by atoms with Crippen molar-refractivity contribution in [2.24, 2.45) is 0 Å². The number of benzene rings is 2. The van der Waals surface area contributed by atoms with Crippen molar-refractivity contribution in [3.8, 4) is 5.69 Å². The number of carbonyl (C=O) groups excluding carboxylic acids is 1. The summed E-state index contributed by atoms with van der Waals surface area (Å²) in [7, 11) is 0. The van der Waals surface area contributed by atoms with Crippen LogP contribution in [0.1, 0.15) is 17.2 Å². The Balaban J connectivity index is 1.57. The molecular weight excluding hydrogens is 449 g/mol. The summed E-state index contributed by atoms with van der Waals surface area (Å²) in [5.74, 6) is -0.722. The number of alkyl halides is 3. The summed E-state index contributed by atoms with van der Waals surface area (Å²) < 4.78 is 40.1. The van der Waals surface area contributed by atoms with Crippen LogP contribution in [-0.2, 0) is 11.0 Å². The number of nitrogens with zero attached hydrogens (tertiary/aromatic N) is 4. The second-order valence-corrected chi connectivity index (χ2v) is 7.14. The zero-order valence-electron chi connectivity index (χ0n) is 16.0. The molecule has 2 aromatic carbocycles. The van der Waals surface area contributed by atoms with Gasteiger partial charge in [-0.2, -0.15) is 18.3 Å². The smallest absolute Gasteiger partial charge is 0.382 e. The van der Waals surface area contributed by atoms with Crippen LogP contribution >= 0.6 is 11.6 Å². The standard InChI is InChI=1S/C20H14ClF3N6O2/c21-13-7-12(4-5-15(13)30-16-14(8-28-30)26-9-27-18(16)25)29-19(32)17(31)10-2-1-3-11(6-10)20(22,23)24/h1-9,17,31H,(H,29,32)(H2,25,26,27). The number of aliphatic hydroxyl groups excluding tert-OH is 1. The molecular formula is C20H14ClF3N6O2. The number of nitrogens with one attached hydrogen (secondary N) is 1. The van der Waals surface area contributed by atoms with Crippen LogP contribution in [0.15, 0.2) is 55.0 Å². The number of hydrogen-bond acceptors (Lipinski definition) is 6. The van der Waals surface area contributed by atoms with Crippen LogP contribution in [0.5, 0.6) is 0 Å². The molecule has 12 heteroatoms. The Hall–Kier alpha value is -3.70. The van der Waals surface area contributed by atoms with E-state index in [-0.39, 0.29) is 22.1 Å². The molecule has 1 atom stereocenters. The minimum Gasteiger partial charge on any atom is -0.382 e. The summed E-state index contributed by atoms with van der Waals surface area (Å²) in [4.78, 5) is 20.4. The summed E-state index contributed by atoms with van der Waals surface area (Å²) in [6, 6.07) is 8.36. The Bertz CT molecular complexity index is 1320. The Labute approximate surface area is 183 Å². The molecule has 1 amide bonds.